The van der Waals surface area contributed by atoms with Crippen molar-refractivity contribution in [2.24, 2.45) is 5.92 Å². The van der Waals surface area contributed by atoms with Gasteiger partial charge in [0.1, 0.15) is 12.1 Å². The molecule has 0 radical (unpaired) electrons. The van der Waals surface area contributed by atoms with Gasteiger partial charge in [-0.05, 0) is 23.7 Å². The lowest BCUT2D eigenvalue weighted by molar-refractivity contribution is -0.389. The van der Waals surface area contributed by atoms with Crippen LogP contribution in [0.3, 0.4) is 0 Å². The molecule has 0 bridgehead atoms. The van der Waals surface area contributed by atoms with Crippen molar-refractivity contribution >= 4 is 33.0 Å². The fourth-order valence-corrected chi connectivity index (χ4v) is 2.44. The van der Waals surface area contributed by atoms with Crippen molar-refractivity contribution in [3.8, 4) is 0 Å². The van der Waals surface area contributed by atoms with Gasteiger partial charge in [0.15, 0.2) is 5.00 Å². The summed E-state index contributed by atoms with van der Waals surface area (Å²) in [6.45, 7) is 3.62. The van der Waals surface area contributed by atoms with Gasteiger partial charge in [0.25, 0.3) is 0 Å². The summed E-state index contributed by atoms with van der Waals surface area (Å²) in [6.07, 6.45) is 0.248. The number of nitro groups is 2. The van der Waals surface area contributed by atoms with E-state index in [1.807, 2.05) is 13.8 Å². The van der Waals surface area contributed by atoms with Crippen molar-refractivity contribution in [1.82, 2.24) is 0 Å². The first kappa shape index (κ1) is 15.8. The highest BCUT2D eigenvalue weighted by Crippen LogP contribution is 2.39. The van der Waals surface area contributed by atoms with Crippen LogP contribution < -0.4 is 5.32 Å². The summed E-state index contributed by atoms with van der Waals surface area (Å²) in [5, 5.41) is 32.5. The van der Waals surface area contributed by atoms with E-state index >= 15 is 0 Å². The molecule has 1 rings (SSSR count). The molecule has 0 aliphatic rings. The molecule has 1 aromatic heterocycles. The molecule has 1 atom stereocenters. The second kappa shape index (κ2) is 6.28. The van der Waals surface area contributed by atoms with Gasteiger partial charge in [-0.25, -0.2) is 4.79 Å². The molecule has 0 saturated carbocycles. The Kier molecular flexibility index (Phi) is 4.97. The number of nitrogens with zero attached hydrogens (tertiary/aromatic N) is 2. The highest BCUT2D eigenvalue weighted by molar-refractivity contribution is 7.19. The van der Waals surface area contributed by atoms with E-state index < -0.39 is 32.5 Å². The van der Waals surface area contributed by atoms with E-state index in [1.54, 1.807) is 0 Å². The Balaban J connectivity index is 3.07. The molecule has 10 heteroatoms. The van der Waals surface area contributed by atoms with Crippen LogP contribution in [0.25, 0.3) is 0 Å². The number of hydrogen-bond donors (Lipinski definition) is 2. The lowest BCUT2D eigenvalue weighted by Gasteiger charge is -2.15. The van der Waals surface area contributed by atoms with Gasteiger partial charge in [0.2, 0.25) is 0 Å². The van der Waals surface area contributed by atoms with E-state index in [9.17, 15) is 25.0 Å². The minimum atomic E-state index is -1.16. The molecule has 0 fully saturated rings. The molecule has 1 heterocycles. The monoisotopic (exact) mass is 303 g/mol. The van der Waals surface area contributed by atoms with Crippen LogP contribution in [0.1, 0.15) is 20.3 Å². The van der Waals surface area contributed by atoms with Gasteiger partial charge >= 0.3 is 16.7 Å². The van der Waals surface area contributed by atoms with Crippen LogP contribution >= 0.6 is 11.3 Å². The minimum Gasteiger partial charge on any atom is -0.480 e. The third-order valence-corrected chi connectivity index (χ3v) is 3.39. The van der Waals surface area contributed by atoms with Crippen molar-refractivity contribution in [3.05, 3.63) is 26.3 Å². The van der Waals surface area contributed by atoms with Gasteiger partial charge in [-0.15, -0.1) is 0 Å². The molecular weight excluding hydrogens is 290 g/mol. The highest BCUT2D eigenvalue weighted by atomic mass is 32.1. The smallest absolute Gasteiger partial charge is 0.333 e. The number of thiophene rings is 1. The molecule has 110 valence electrons. The molecule has 9 nitrogen and oxygen atoms in total. The second-order valence-corrected chi connectivity index (χ2v) is 5.51. The lowest BCUT2D eigenvalue weighted by Crippen LogP contribution is -2.30. The zero-order chi connectivity index (χ0) is 15.4. The minimum absolute atomic E-state index is 0.0533. The Morgan fingerprint density at radius 3 is 2.40 bits per heavy atom. The van der Waals surface area contributed by atoms with E-state index in [1.165, 1.54) is 0 Å². The van der Waals surface area contributed by atoms with Crippen LogP contribution in [0, 0.1) is 26.1 Å². The maximum Gasteiger partial charge on any atom is 0.333 e. The number of hydrogen-bond acceptors (Lipinski definition) is 7. The average molecular weight is 303 g/mol. The van der Waals surface area contributed by atoms with Crippen molar-refractivity contribution in [3.63, 3.8) is 0 Å². The normalized spacial score (nSPS) is 12.2. The first-order valence-corrected chi connectivity index (χ1v) is 6.46. The van der Waals surface area contributed by atoms with Crippen LogP contribution in [-0.2, 0) is 4.79 Å². The summed E-state index contributed by atoms with van der Waals surface area (Å²) in [4.78, 5) is 31.0. The van der Waals surface area contributed by atoms with Crippen LogP contribution in [0.4, 0.5) is 15.7 Å². The van der Waals surface area contributed by atoms with E-state index in [0.717, 1.165) is 6.07 Å². The molecule has 0 aliphatic carbocycles. The summed E-state index contributed by atoms with van der Waals surface area (Å²) in [5.41, 5.74) is -0.489. The number of carboxylic acid groups (broad SMARTS) is 1. The SMILES string of the molecule is CC(C)C[C@H](Nc1sc([N+](=O)[O-])cc1[N+](=O)[O-])C(=O)O. The Bertz CT molecular complexity index is 541. The summed E-state index contributed by atoms with van der Waals surface area (Å²) >= 11 is 0.554. The predicted octanol–water partition coefficient (Wildman–Crippen LogP) is 2.48. The fourth-order valence-electron chi connectivity index (χ4n) is 1.55. The molecule has 0 aromatic carbocycles. The summed E-state index contributed by atoms with van der Waals surface area (Å²) in [7, 11) is 0. The molecule has 2 N–H and O–H groups in total. The molecule has 1 aromatic rings. The average Bonchev–Trinajstić information content (AvgIpc) is 2.71. The maximum absolute atomic E-state index is 11.1. The van der Waals surface area contributed by atoms with Gasteiger partial charge in [0, 0.05) is 0 Å². The van der Waals surface area contributed by atoms with Gasteiger partial charge in [-0.1, -0.05) is 13.8 Å². The zero-order valence-electron chi connectivity index (χ0n) is 10.7. The van der Waals surface area contributed by atoms with Crippen LogP contribution in [0.15, 0.2) is 6.07 Å². The maximum atomic E-state index is 11.1. The van der Waals surface area contributed by atoms with E-state index in [0.29, 0.717) is 11.3 Å². The van der Waals surface area contributed by atoms with Crippen molar-refractivity contribution in [1.29, 1.82) is 0 Å². The van der Waals surface area contributed by atoms with Gasteiger partial charge in [0.05, 0.1) is 9.85 Å². The largest absolute Gasteiger partial charge is 0.480 e. The first-order chi connectivity index (χ1) is 9.22. The zero-order valence-corrected chi connectivity index (χ0v) is 11.5. The van der Waals surface area contributed by atoms with E-state index in [-0.39, 0.29) is 17.3 Å². The number of aliphatic carboxylic acids is 1. The number of carboxylic acids is 1. The molecule has 20 heavy (non-hydrogen) atoms. The van der Waals surface area contributed by atoms with Gasteiger partial charge < -0.3 is 10.4 Å². The third-order valence-electron chi connectivity index (χ3n) is 2.39. The quantitative estimate of drug-likeness (QED) is 0.583. The molecule has 0 aliphatic heterocycles. The van der Waals surface area contributed by atoms with Crippen molar-refractivity contribution in [2.75, 3.05) is 5.32 Å². The number of rotatable bonds is 7. The lowest BCUT2D eigenvalue weighted by atomic mass is 10.0. The standard InChI is InChI=1S/C10H13N3O6S/c1-5(2)3-6(10(14)15)11-9-7(12(16)17)4-8(20-9)13(18)19/h4-6,11H,3H2,1-2H3,(H,14,15)/t6-/m0/s1. The van der Waals surface area contributed by atoms with E-state index in [2.05, 4.69) is 5.32 Å². The topological polar surface area (TPSA) is 136 Å². The molecular formula is C10H13N3O6S. The molecule has 0 saturated heterocycles. The molecule has 0 spiro atoms. The summed E-state index contributed by atoms with van der Waals surface area (Å²) in [5.74, 6) is -1.11. The van der Waals surface area contributed by atoms with Crippen LogP contribution in [0.5, 0.6) is 0 Å². The second-order valence-electron chi connectivity index (χ2n) is 4.48. The van der Waals surface area contributed by atoms with Crippen LogP contribution in [0.2, 0.25) is 0 Å². The Labute approximate surface area is 117 Å². The van der Waals surface area contributed by atoms with Gasteiger partial charge in [-0.3, -0.25) is 20.2 Å². The van der Waals surface area contributed by atoms with Crippen LogP contribution in [-0.4, -0.2) is 27.0 Å². The Morgan fingerprint density at radius 1 is 1.40 bits per heavy atom. The van der Waals surface area contributed by atoms with Crippen molar-refractivity contribution < 1.29 is 19.7 Å². The molecule has 0 unspecified atom stereocenters. The number of nitrogens with one attached hydrogen (secondary N) is 1. The van der Waals surface area contributed by atoms with Crippen molar-refractivity contribution in [2.45, 2.75) is 26.3 Å². The number of carbonyl (C=O) groups is 1. The number of anilines is 1. The van der Waals surface area contributed by atoms with Gasteiger partial charge in [-0.2, -0.15) is 0 Å². The first-order valence-electron chi connectivity index (χ1n) is 5.64. The molecule has 0 amide bonds. The summed E-state index contributed by atoms with van der Waals surface area (Å²) < 4.78 is 0. The fraction of sp³-hybridized carbons (Fsp3) is 0.500. The predicted molar refractivity (Wildman–Crippen MR) is 72.1 cm³/mol. The van der Waals surface area contributed by atoms with E-state index in [4.69, 9.17) is 5.11 Å². The highest BCUT2D eigenvalue weighted by Gasteiger charge is 2.28. The Hall–Kier alpha value is -2.23. The Morgan fingerprint density at radius 2 is 2.00 bits per heavy atom. The summed E-state index contributed by atoms with van der Waals surface area (Å²) in [6, 6.07) is -0.215. The third kappa shape index (κ3) is 3.88.